The van der Waals surface area contributed by atoms with Crippen LogP contribution in [-0.4, -0.2) is 10.9 Å². The third kappa shape index (κ3) is 5.00. The molecule has 0 unspecified atom stereocenters. The van der Waals surface area contributed by atoms with E-state index in [9.17, 15) is 36.2 Å². The topological polar surface area (TPSA) is 37.3 Å². The average molecular weight is 376 g/mol. The molecule has 8 heteroatoms. The Hall–Kier alpha value is -2.51. The fourth-order valence-corrected chi connectivity index (χ4v) is 2.40. The molecule has 2 aromatic rings. The number of hydrogen-bond donors (Lipinski definition) is 1. The third-order valence-corrected chi connectivity index (χ3v) is 3.72. The smallest absolute Gasteiger partial charge is 0.416 e. The van der Waals surface area contributed by atoms with Gasteiger partial charge < -0.3 is 5.11 Å². The Balaban J connectivity index is 2.27. The number of carbonyl (C=O) groups excluding carboxylic acids is 1. The average Bonchev–Trinajstić information content (AvgIpc) is 2.49. The summed E-state index contributed by atoms with van der Waals surface area (Å²) in [7, 11) is 0. The van der Waals surface area contributed by atoms with Crippen LogP contribution in [0.3, 0.4) is 0 Å². The van der Waals surface area contributed by atoms with E-state index in [-0.39, 0.29) is 23.8 Å². The predicted molar refractivity (Wildman–Crippen MR) is 81.7 cm³/mol. The van der Waals surface area contributed by atoms with E-state index in [0.717, 1.165) is 0 Å². The molecular formula is C18H14F6O2. The van der Waals surface area contributed by atoms with Gasteiger partial charge in [0.15, 0.2) is 0 Å². The Morgan fingerprint density at radius 3 is 1.81 bits per heavy atom. The lowest BCUT2D eigenvalue weighted by atomic mass is 9.98. The van der Waals surface area contributed by atoms with Gasteiger partial charge in [0.25, 0.3) is 0 Å². The highest BCUT2D eigenvalue weighted by Gasteiger charge is 2.36. The number of halogens is 6. The standard InChI is InChI=1S/C18H14F6O2/c1-10-2-3-11(8-16(10)26)6-15(25)7-12-4-13(17(19,20)21)9-14(5-12)18(22,23)24/h2-5,8-9,26H,6-7H2,1H3. The van der Waals surface area contributed by atoms with Crippen molar-refractivity contribution in [2.45, 2.75) is 32.1 Å². The molecule has 0 aliphatic rings. The van der Waals surface area contributed by atoms with Gasteiger partial charge in [0, 0.05) is 12.8 Å². The number of ketones is 1. The molecule has 1 N–H and O–H groups in total. The Morgan fingerprint density at radius 1 is 0.846 bits per heavy atom. The van der Waals surface area contributed by atoms with Crippen molar-refractivity contribution in [1.82, 2.24) is 0 Å². The van der Waals surface area contributed by atoms with Gasteiger partial charge in [-0.3, -0.25) is 4.79 Å². The van der Waals surface area contributed by atoms with Crippen LogP contribution < -0.4 is 0 Å². The molecule has 0 aliphatic heterocycles. The van der Waals surface area contributed by atoms with E-state index in [1.54, 1.807) is 19.1 Å². The van der Waals surface area contributed by atoms with Gasteiger partial charge in [0.2, 0.25) is 0 Å². The first-order valence-electron chi connectivity index (χ1n) is 7.45. The van der Waals surface area contributed by atoms with E-state index in [1.165, 1.54) is 6.07 Å². The maximum absolute atomic E-state index is 12.8. The van der Waals surface area contributed by atoms with Crippen LogP contribution in [-0.2, 0) is 30.0 Å². The molecule has 0 radical (unpaired) electrons. The molecule has 2 nitrogen and oxygen atoms in total. The van der Waals surface area contributed by atoms with E-state index in [2.05, 4.69) is 0 Å². The molecule has 0 aromatic heterocycles. The number of phenols is 1. The van der Waals surface area contributed by atoms with Gasteiger partial charge in [0.1, 0.15) is 11.5 Å². The summed E-state index contributed by atoms with van der Waals surface area (Å²) in [5, 5.41) is 9.59. The number of aryl methyl sites for hydroxylation is 1. The zero-order chi connectivity index (χ0) is 19.7. The summed E-state index contributed by atoms with van der Waals surface area (Å²) in [6.07, 6.45) is -10.7. The minimum Gasteiger partial charge on any atom is -0.508 e. The Labute approximate surface area is 145 Å². The summed E-state index contributed by atoms with van der Waals surface area (Å²) in [5.74, 6) is -0.616. The number of rotatable bonds is 4. The van der Waals surface area contributed by atoms with Gasteiger partial charge in [-0.05, 0) is 47.9 Å². The maximum Gasteiger partial charge on any atom is 0.416 e. The van der Waals surface area contributed by atoms with Crippen LogP contribution >= 0.6 is 0 Å². The number of aromatic hydroxyl groups is 1. The molecule has 0 aliphatic carbocycles. The highest BCUT2D eigenvalue weighted by atomic mass is 19.4. The van der Waals surface area contributed by atoms with Gasteiger partial charge >= 0.3 is 12.4 Å². The first-order chi connectivity index (χ1) is 11.9. The molecule has 0 spiro atoms. The van der Waals surface area contributed by atoms with Crippen molar-refractivity contribution in [3.8, 4) is 5.75 Å². The number of Topliss-reactive ketones (excluding diaryl/α,β-unsaturated/α-hetero) is 1. The lowest BCUT2D eigenvalue weighted by molar-refractivity contribution is -0.143. The van der Waals surface area contributed by atoms with E-state index >= 15 is 0 Å². The van der Waals surface area contributed by atoms with Crippen molar-refractivity contribution in [1.29, 1.82) is 0 Å². The third-order valence-electron chi connectivity index (χ3n) is 3.72. The summed E-state index contributed by atoms with van der Waals surface area (Å²) in [5.41, 5.74) is -2.28. The molecule has 26 heavy (non-hydrogen) atoms. The van der Waals surface area contributed by atoms with E-state index in [0.29, 0.717) is 23.3 Å². The number of benzene rings is 2. The van der Waals surface area contributed by atoms with Gasteiger partial charge in [-0.25, -0.2) is 0 Å². The highest BCUT2D eigenvalue weighted by molar-refractivity contribution is 5.83. The number of phenolic OH excluding ortho intramolecular Hbond substituents is 1. The normalized spacial score (nSPS) is 12.3. The van der Waals surface area contributed by atoms with E-state index in [1.807, 2.05) is 0 Å². The molecule has 2 aromatic carbocycles. The van der Waals surface area contributed by atoms with Crippen molar-refractivity contribution in [2.24, 2.45) is 0 Å². The van der Waals surface area contributed by atoms with E-state index < -0.39 is 35.7 Å². The van der Waals surface area contributed by atoms with Crippen LogP contribution in [0.1, 0.15) is 27.8 Å². The zero-order valence-corrected chi connectivity index (χ0v) is 13.5. The van der Waals surface area contributed by atoms with Gasteiger partial charge in [-0.15, -0.1) is 0 Å². The molecule has 0 fully saturated rings. The second-order valence-electron chi connectivity index (χ2n) is 5.93. The summed E-state index contributed by atoms with van der Waals surface area (Å²) in [6, 6.07) is 5.55. The predicted octanol–water partition coefficient (Wildman–Crippen LogP) is 5.09. The largest absolute Gasteiger partial charge is 0.508 e. The summed E-state index contributed by atoms with van der Waals surface area (Å²) >= 11 is 0. The van der Waals surface area contributed by atoms with Gasteiger partial charge in [-0.2, -0.15) is 26.3 Å². The SMILES string of the molecule is Cc1ccc(CC(=O)Cc2cc(C(F)(F)F)cc(C(F)(F)F)c2)cc1O. The molecular weight excluding hydrogens is 362 g/mol. The minimum atomic E-state index is -4.96. The molecule has 0 amide bonds. The van der Waals surface area contributed by atoms with Crippen molar-refractivity contribution in [3.05, 3.63) is 64.2 Å². The van der Waals surface area contributed by atoms with Crippen molar-refractivity contribution < 1.29 is 36.2 Å². The summed E-state index contributed by atoms with van der Waals surface area (Å²) in [4.78, 5) is 12.1. The van der Waals surface area contributed by atoms with Gasteiger partial charge in [0.05, 0.1) is 11.1 Å². The van der Waals surface area contributed by atoms with Crippen molar-refractivity contribution in [2.75, 3.05) is 0 Å². The van der Waals surface area contributed by atoms with Crippen LogP contribution in [0.25, 0.3) is 0 Å². The fourth-order valence-electron chi connectivity index (χ4n) is 2.40. The number of hydrogen-bond acceptors (Lipinski definition) is 2. The highest BCUT2D eigenvalue weighted by Crippen LogP contribution is 2.36. The molecule has 140 valence electrons. The zero-order valence-electron chi connectivity index (χ0n) is 13.5. The van der Waals surface area contributed by atoms with Crippen LogP contribution in [0.15, 0.2) is 36.4 Å². The number of carbonyl (C=O) groups is 1. The summed E-state index contributed by atoms with van der Waals surface area (Å²) < 4.78 is 76.9. The molecule has 0 saturated heterocycles. The van der Waals surface area contributed by atoms with E-state index in [4.69, 9.17) is 0 Å². The minimum absolute atomic E-state index is 0.0198. The van der Waals surface area contributed by atoms with Crippen molar-refractivity contribution in [3.63, 3.8) is 0 Å². The molecule has 0 heterocycles. The van der Waals surface area contributed by atoms with Gasteiger partial charge in [-0.1, -0.05) is 12.1 Å². The Bertz CT molecular complexity index is 789. The van der Waals surface area contributed by atoms with Crippen LogP contribution in [0.4, 0.5) is 26.3 Å². The molecule has 0 bridgehead atoms. The molecule has 0 atom stereocenters. The van der Waals surface area contributed by atoms with Crippen LogP contribution in [0.5, 0.6) is 5.75 Å². The first kappa shape index (κ1) is 19.8. The van der Waals surface area contributed by atoms with Crippen molar-refractivity contribution >= 4 is 5.78 Å². The second kappa shape index (κ2) is 7.01. The Morgan fingerprint density at radius 2 is 1.35 bits per heavy atom. The lowest BCUT2D eigenvalue weighted by Gasteiger charge is -2.14. The first-order valence-corrected chi connectivity index (χ1v) is 7.45. The van der Waals surface area contributed by atoms with Crippen LogP contribution in [0.2, 0.25) is 0 Å². The molecule has 2 rings (SSSR count). The number of alkyl halides is 6. The lowest BCUT2D eigenvalue weighted by Crippen LogP contribution is -2.14. The quantitative estimate of drug-likeness (QED) is 0.755. The fraction of sp³-hybridized carbons (Fsp3) is 0.278. The Kier molecular flexibility index (Phi) is 5.34. The monoisotopic (exact) mass is 376 g/mol. The summed E-state index contributed by atoms with van der Waals surface area (Å²) in [6.45, 7) is 1.64. The van der Waals surface area contributed by atoms with Crippen LogP contribution in [0, 0.1) is 6.92 Å². The second-order valence-corrected chi connectivity index (χ2v) is 5.93. The molecule has 0 saturated carbocycles. The maximum atomic E-state index is 12.8.